The van der Waals surface area contributed by atoms with Gasteiger partial charge in [-0.15, -0.1) is 0 Å². The van der Waals surface area contributed by atoms with Gasteiger partial charge in [-0.2, -0.15) is 0 Å². The topological polar surface area (TPSA) is 22.1 Å². The summed E-state index contributed by atoms with van der Waals surface area (Å²) < 4.78 is 18.4. The van der Waals surface area contributed by atoms with Crippen molar-refractivity contribution in [2.24, 2.45) is 0 Å². The van der Waals surface area contributed by atoms with Crippen LogP contribution in [-0.2, 0) is 0 Å². The van der Waals surface area contributed by atoms with Crippen molar-refractivity contribution in [3.63, 3.8) is 0 Å². The van der Waals surface area contributed by atoms with Crippen molar-refractivity contribution < 1.29 is 9.13 Å². The third kappa shape index (κ3) is 2.02. The number of ether oxygens (including phenoxy) is 1. The number of hydrogen-bond acceptors (Lipinski definition) is 2. The van der Waals surface area contributed by atoms with Gasteiger partial charge in [0.1, 0.15) is 3.70 Å². The van der Waals surface area contributed by atoms with E-state index in [4.69, 9.17) is 4.74 Å². The number of aromatic nitrogens is 1. The Morgan fingerprint density at radius 2 is 2.45 bits per heavy atom. The van der Waals surface area contributed by atoms with E-state index in [1.807, 2.05) is 29.5 Å². The second-order valence-corrected chi connectivity index (χ2v) is 2.87. The molecule has 0 bridgehead atoms. The summed E-state index contributed by atoms with van der Waals surface area (Å²) in [6.45, 7) is 2.27. The zero-order valence-electron chi connectivity index (χ0n) is 5.97. The maximum atomic E-state index is 12.9. The lowest BCUT2D eigenvalue weighted by atomic mass is 10.4. The second kappa shape index (κ2) is 3.85. The highest BCUT2D eigenvalue weighted by atomic mass is 127. The number of hydrogen-bond donors (Lipinski definition) is 0. The molecule has 2 nitrogen and oxygen atoms in total. The molecule has 1 aromatic heterocycles. The molecule has 0 amide bonds. The van der Waals surface area contributed by atoms with Crippen LogP contribution in [0.25, 0.3) is 0 Å². The lowest BCUT2D eigenvalue weighted by Gasteiger charge is -2.04. The van der Waals surface area contributed by atoms with Crippen molar-refractivity contribution >= 4 is 22.6 Å². The van der Waals surface area contributed by atoms with Crippen molar-refractivity contribution in [2.75, 3.05) is 6.61 Å². The van der Waals surface area contributed by atoms with Crippen LogP contribution in [0, 0.1) is 9.52 Å². The predicted molar refractivity (Wildman–Crippen MR) is 48.1 cm³/mol. The maximum absolute atomic E-state index is 12.9. The fourth-order valence-electron chi connectivity index (χ4n) is 0.674. The Balaban J connectivity index is 3.00. The van der Waals surface area contributed by atoms with Crippen molar-refractivity contribution in [1.29, 1.82) is 0 Å². The highest BCUT2D eigenvalue weighted by Gasteiger charge is 2.06. The Hall–Kier alpha value is -0.390. The molecule has 0 N–H and O–H groups in total. The van der Waals surface area contributed by atoms with E-state index in [2.05, 4.69) is 4.98 Å². The fourth-order valence-corrected chi connectivity index (χ4v) is 1.25. The average molecular weight is 267 g/mol. The number of nitrogens with zero attached hydrogens (tertiary/aromatic N) is 1. The minimum Gasteiger partial charge on any atom is -0.488 e. The first-order valence-electron chi connectivity index (χ1n) is 3.18. The summed E-state index contributed by atoms with van der Waals surface area (Å²) in [5.74, 6) is -0.109. The Kier molecular flexibility index (Phi) is 3.04. The van der Waals surface area contributed by atoms with E-state index < -0.39 is 0 Å². The van der Waals surface area contributed by atoms with Crippen LogP contribution in [0.15, 0.2) is 12.3 Å². The molecule has 0 aliphatic rings. The second-order valence-electron chi connectivity index (χ2n) is 1.85. The van der Waals surface area contributed by atoms with Gasteiger partial charge in [0.25, 0.3) is 0 Å². The summed E-state index contributed by atoms with van der Waals surface area (Å²) in [6.07, 6.45) is 1.42. The average Bonchev–Trinajstić information content (AvgIpc) is 1.97. The van der Waals surface area contributed by atoms with Crippen molar-refractivity contribution in [3.05, 3.63) is 21.8 Å². The molecule has 0 atom stereocenters. The molecular weight excluding hydrogens is 260 g/mol. The van der Waals surface area contributed by atoms with Crippen LogP contribution in [0.3, 0.4) is 0 Å². The van der Waals surface area contributed by atoms with Crippen LogP contribution in [0.5, 0.6) is 5.75 Å². The third-order valence-electron chi connectivity index (χ3n) is 1.10. The Morgan fingerprint density at radius 3 is 3.00 bits per heavy atom. The summed E-state index contributed by atoms with van der Waals surface area (Å²) in [4.78, 5) is 3.88. The molecule has 1 rings (SSSR count). The van der Waals surface area contributed by atoms with Gasteiger partial charge in [-0.3, -0.25) is 0 Å². The van der Waals surface area contributed by atoms with Gasteiger partial charge < -0.3 is 4.74 Å². The van der Waals surface area contributed by atoms with Crippen LogP contribution in [-0.4, -0.2) is 11.6 Å². The van der Waals surface area contributed by atoms with E-state index in [0.29, 0.717) is 10.3 Å². The Bertz CT molecular complexity index is 234. The van der Waals surface area contributed by atoms with Crippen LogP contribution < -0.4 is 4.74 Å². The molecule has 0 unspecified atom stereocenters. The van der Waals surface area contributed by atoms with E-state index in [1.165, 1.54) is 12.3 Å². The smallest absolute Gasteiger partial charge is 0.186 e. The molecule has 0 saturated heterocycles. The van der Waals surface area contributed by atoms with E-state index in [9.17, 15) is 4.39 Å². The van der Waals surface area contributed by atoms with Crippen molar-refractivity contribution in [1.82, 2.24) is 4.98 Å². The van der Waals surface area contributed by atoms with Crippen molar-refractivity contribution in [2.45, 2.75) is 6.92 Å². The first kappa shape index (κ1) is 8.70. The molecular formula is C7H7FINO. The Morgan fingerprint density at radius 1 is 1.73 bits per heavy atom. The summed E-state index contributed by atoms with van der Waals surface area (Å²) in [5.41, 5.74) is 0. The third-order valence-corrected chi connectivity index (χ3v) is 1.87. The summed E-state index contributed by atoms with van der Waals surface area (Å²) in [7, 11) is 0. The molecule has 1 heterocycles. The van der Waals surface area contributed by atoms with Gasteiger partial charge in [0.05, 0.1) is 6.61 Å². The van der Waals surface area contributed by atoms with Gasteiger partial charge in [0, 0.05) is 6.20 Å². The molecule has 0 aromatic carbocycles. The van der Waals surface area contributed by atoms with Crippen LogP contribution >= 0.6 is 22.6 Å². The van der Waals surface area contributed by atoms with Gasteiger partial charge in [-0.25, -0.2) is 9.37 Å². The summed E-state index contributed by atoms with van der Waals surface area (Å²) >= 11 is 1.93. The Labute approximate surface area is 77.9 Å². The number of pyridine rings is 1. The van der Waals surface area contributed by atoms with E-state index in [0.717, 1.165) is 0 Å². The highest BCUT2D eigenvalue weighted by molar-refractivity contribution is 14.1. The van der Waals surface area contributed by atoms with Gasteiger partial charge in [0.15, 0.2) is 11.6 Å². The first-order chi connectivity index (χ1) is 5.25. The van der Waals surface area contributed by atoms with E-state index in [1.54, 1.807) is 0 Å². The van der Waals surface area contributed by atoms with E-state index in [-0.39, 0.29) is 11.6 Å². The molecule has 0 aliphatic heterocycles. The van der Waals surface area contributed by atoms with Gasteiger partial charge >= 0.3 is 0 Å². The SMILES string of the molecule is CCOc1c(F)ccnc1I. The molecule has 0 fully saturated rings. The minimum absolute atomic E-state index is 0.246. The minimum atomic E-state index is -0.355. The lowest BCUT2D eigenvalue weighted by Crippen LogP contribution is -1.98. The molecule has 11 heavy (non-hydrogen) atoms. The highest BCUT2D eigenvalue weighted by Crippen LogP contribution is 2.21. The van der Waals surface area contributed by atoms with Gasteiger partial charge in [0.2, 0.25) is 0 Å². The first-order valence-corrected chi connectivity index (χ1v) is 4.26. The zero-order valence-corrected chi connectivity index (χ0v) is 8.13. The largest absolute Gasteiger partial charge is 0.488 e. The number of halogens is 2. The van der Waals surface area contributed by atoms with E-state index >= 15 is 0 Å². The van der Waals surface area contributed by atoms with Gasteiger partial charge in [-0.1, -0.05) is 0 Å². The van der Waals surface area contributed by atoms with Crippen molar-refractivity contribution in [3.8, 4) is 5.75 Å². The lowest BCUT2D eigenvalue weighted by molar-refractivity contribution is 0.317. The maximum Gasteiger partial charge on any atom is 0.186 e. The standard InChI is InChI=1S/C7H7FINO/c1-2-11-6-5(8)3-4-10-7(6)9/h3-4H,2H2,1H3. The monoisotopic (exact) mass is 267 g/mol. The fraction of sp³-hybridized carbons (Fsp3) is 0.286. The van der Waals surface area contributed by atoms with Crippen LogP contribution in [0.4, 0.5) is 4.39 Å². The molecule has 4 heteroatoms. The molecule has 0 radical (unpaired) electrons. The zero-order chi connectivity index (χ0) is 8.27. The molecule has 1 aromatic rings. The molecule has 0 saturated carbocycles. The molecule has 0 aliphatic carbocycles. The molecule has 60 valence electrons. The quantitative estimate of drug-likeness (QED) is 0.605. The number of rotatable bonds is 2. The van der Waals surface area contributed by atoms with Crippen LogP contribution in [0.1, 0.15) is 6.92 Å². The molecule has 0 spiro atoms. The summed E-state index contributed by atoms with van der Waals surface area (Å²) in [5, 5.41) is 0. The van der Waals surface area contributed by atoms with Crippen LogP contribution in [0.2, 0.25) is 0 Å². The summed E-state index contributed by atoms with van der Waals surface area (Å²) in [6, 6.07) is 1.28. The normalized spacial score (nSPS) is 9.73. The van der Waals surface area contributed by atoms with Gasteiger partial charge in [-0.05, 0) is 35.6 Å². The predicted octanol–water partition coefficient (Wildman–Crippen LogP) is 2.22.